The number of para-hydroxylation sites is 2. The Morgan fingerprint density at radius 1 is 0.328 bits per heavy atom. The maximum absolute atomic E-state index is 2.55. The Kier molecular flexibility index (Phi) is 9.33. The summed E-state index contributed by atoms with van der Waals surface area (Å²) >= 11 is 1.88. The Balaban J connectivity index is 1.12. The van der Waals surface area contributed by atoms with Gasteiger partial charge < -0.3 is 4.90 Å². The molecule has 1 aromatic heterocycles. The van der Waals surface area contributed by atoms with Crippen LogP contribution in [0.3, 0.4) is 0 Å². The number of hydrogen-bond acceptors (Lipinski definition) is 2. The summed E-state index contributed by atoms with van der Waals surface area (Å²) in [4.78, 5) is 2.55. The smallest absolute Gasteiger partial charge is 0.0714 e. The summed E-state index contributed by atoms with van der Waals surface area (Å²) in [5.74, 6) is 0. The van der Waals surface area contributed by atoms with E-state index in [1.165, 1.54) is 92.1 Å². The summed E-state index contributed by atoms with van der Waals surface area (Å²) in [5.41, 5.74) is 17.5. The number of benzene rings is 11. The lowest BCUT2D eigenvalue weighted by Crippen LogP contribution is -2.28. The quantitative estimate of drug-likeness (QED) is 0.147. The van der Waals surface area contributed by atoms with Gasteiger partial charge in [0.2, 0.25) is 0 Å². The van der Waals surface area contributed by atoms with Gasteiger partial charge in [0.1, 0.15) is 0 Å². The maximum atomic E-state index is 2.55. The van der Waals surface area contributed by atoms with Crippen molar-refractivity contribution in [1.29, 1.82) is 0 Å². The predicted octanol–water partition coefficient (Wildman–Crippen LogP) is 18.0. The lowest BCUT2D eigenvalue weighted by atomic mass is 9.67. The van der Waals surface area contributed by atoms with E-state index in [0.29, 0.717) is 0 Å². The van der Waals surface area contributed by atoms with Gasteiger partial charge >= 0.3 is 0 Å². The molecule has 1 nitrogen and oxygen atoms in total. The average molecular weight is 870 g/mol. The molecule has 0 bridgehead atoms. The summed E-state index contributed by atoms with van der Waals surface area (Å²) in [5, 5.41) is 5.03. The molecule has 1 heterocycles. The van der Waals surface area contributed by atoms with Crippen molar-refractivity contribution < 1.29 is 0 Å². The largest absolute Gasteiger partial charge is 0.309 e. The minimum Gasteiger partial charge on any atom is -0.309 e. The summed E-state index contributed by atoms with van der Waals surface area (Å²) in [6, 6.07) is 96.5. The molecule has 12 aromatic rings. The van der Waals surface area contributed by atoms with E-state index in [9.17, 15) is 0 Å². The molecule has 0 radical (unpaired) electrons. The minimum atomic E-state index is -0.557. The van der Waals surface area contributed by atoms with Crippen molar-refractivity contribution in [3.63, 3.8) is 0 Å². The van der Waals surface area contributed by atoms with Gasteiger partial charge in [0, 0.05) is 42.6 Å². The van der Waals surface area contributed by atoms with Crippen molar-refractivity contribution in [1.82, 2.24) is 0 Å². The fourth-order valence-corrected chi connectivity index (χ4v) is 12.4. The summed E-state index contributed by atoms with van der Waals surface area (Å²) in [6.45, 7) is 0. The van der Waals surface area contributed by atoms with Crippen LogP contribution in [-0.2, 0) is 5.41 Å². The molecule has 0 fully saturated rings. The first kappa shape index (κ1) is 39.1. The molecular formula is C65H43NS. The third-order valence-corrected chi connectivity index (χ3v) is 15.2. The van der Waals surface area contributed by atoms with E-state index < -0.39 is 5.41 Å². The monoisotopic (exact) mass is 869 g/mol. The van der Waals surface area contributed by atoms with E-state index in [0.717, 1.165) is 22.6 Å². The fraction of sp³-hybridized carbons (Fsp3) is 0.0154. The molecule has 314 valence electrons. The zero-order chi connectivity index (χ0) is 44.3. The molecule has 0 amide bonds. The van der Waals surface area contributed by atoms with Crippen LogP contribution in [0.2, 0.25) is 0 Å². The lowest BCUT2D eigenvalue weighted by Gasteiger charge is -2.35. The first-order chi connectivity index (χ1) is 33.3. The fourth-order valence-electron chi connectivity index (χ4n) is 11.2. The number of thiophene rings is 1. The molecule has 67 heavy (non-hydrogen) atoms. The van der Waals surface area contributed by atoms with Crippen molar-refractivity contribution in [2.45, 2.75) is 5.41 Å². The Labute approximate surface area is 395 Å². The highest BCUT2D eigenvalue weighted by atomic mass is 32.1. The molecule has 0 saturated carbocycles. The first-order valence-corrected chi connectivity index (χ1v) is 23.9. The highest BCUT2D eigenvalue weighted by molar-refractivity contribution is 7.26. The number of nitrogens with zero attached hydrogens (tertiary/aromatic N) is 1. The molecule has 2 heteroatoms. The second-order valence-corrected chi connectivity index (χ2v) is 18.5. The van der Waals surface area contributed by atoms with E-state index in [-0.39, 0.29) is 0 Å². The number of anilines is 3. The van der Waals surface area contributed by atoms with Crippen molar-refractivity contribution in [2.24, 2.45) is 0 Å². The van der Waals surface area contributed by atoms with Crippen LogP contribution >= 0.6 is 11.3 Å². The molecule has 0 aliphatic heterocycles. The van der Waals surface area contributed by atoms with Gasteiger partial charge in [-0.2, -0.15) is 0 Å². The number of hydrogen-bond donors (Lipinski definition) is 0. The SMILES string of the molecule is c1ccc(-c2cccc3cccc(-c4ccccc4N(c4ccc5c(c4)C(c4ccccc4)(c4ccccc4)c4ccccc4-5)c4ccccc4-c4cccc5c4sc4ccccc45)c23)cc1. The van der Waals surface area contributed by atoms with E-state index in [1.54, 1.807) is 0 Å². The second-order valence-electron chi connectivity index (χ2n) is 17.5. The Bertz CT molecular complexity index is 3770. The van der Waals surface area contributed by atoms with Crippen LogP contribution < -0.4 is 4.90 Å². The van der Waals surface area contributed by atoms with Crippen LogP contribution in [0.5, 0.6) is 0 Å². The van der Waals surface area contributed by atoms with Crippen LogP contribution in [0, 0.1) is 0 Å². The van der Waals surface area contributed by atoms with Crippen molar-refractivity contribution in [3.8, 4) is 44.5 Å². The Hall–Kier alpha value is -8.30. The van der Waals surface area contributed by atoms with Crippen molar-refractivity contribution in [3.05, 3.63) is 283 Å². The molecule has 0 atom stereocenters. The Morgan fingerprint density at radius 3 is 1.55 bits per heavy atom. The van der Waals surface area contributed by atoms with Gasteiger partial charge in [-0.15, -0.1) is 11.3 Å². The van der Waals surface area contributed by atoms with Gasteiger partial charge in [-0.25, -0.2) is 0 Å². The summed E-state index contributed by atoms with van der Waals surface area (Å²) in [7, 11) is 0. The molecule has 0 spiro atoms. The molecule has 0 N–H and O–H groups in total. The van der Waals surface area contributed by atoms with Crippen LogP contribution in [0.15, 0.2) is 261 Å². The van der Waals surface area contributed by atoms with Crippen LogP contribution in [0.1, 0.15) is 22.3 Å². The van der Waals surface area contributed by atoms with E-state index in [1.807, 2.05) is 11.3 Å². The highest BCUT2D eigenvalue weighted by Crippen LogP contribution is 2.58. The third kappa shape index (κ3) is 6.14. The second kappa shape index (κ2) is 16.0. The molecule has 0 saturated heterocycles. The molecule has 13 rings (SSSR count). The normalized spacial score (nSPS) is 12.6. The predicted molar refractivity (Wildman–Crippen MR) is 285 cm³/mol. The third-order valence-electron chi connectivity index (χ3n) is 14.0. The van der Waals surface area contributed by atoms with Crippen molar-refractivity contribution >= 4 is 59.3 Å². The highest BCUT2D eigenvalue weighted by Gasteiger charge is 2.46. The van der Waals surface area contributed by atoms with Crippen LogP contribution in [0.25, 0.3) is 75.5 Å². The van der Waals surface area contributed by atoms with Gasteiger partial charge in [0.15, 0.2) is 0 Å². The van der Waals surface area contributed by atoms with E-state index in [4.69, 9.17) is 0 Å². The molecule has 1 aliphatic rings. The maximum Gasteiger partial charge on any atom is 0.0714 e. The minimum absolute atomic E-state index is 0.557. The van der Waals surface area contributed by atoms with Gasteiger partial charge in [0.05, 0.1) is 16.8 Å². The average Bonchev–Trinajstić information content (AvgIpc) is 3.93. The topological polar surface area (TPSA) is 3.24 Å². The molecular weight excluding hydrogens is 827 g/mol. The molecule has 0 unspecified atom stereocenters. The summed E-state index contributed by atoms with van der Waals surface area (Å²) in [6.07, 6.45) is 0. The molecule has 11 aromatic carbocycles. The van der Waals surface area contributed by atoms with Crippen LogP contribution in [-0.4, -0.2) is 0 Å². The van der Waals surface area contributed by atoms with E-state index >= 15 is 0 Å². The van der Waals surface area contributed by atoms with Crippen molar-refractivity contribution in [2.75, 3.05) is 4.90 Å². The standard InChI is InChI=1S/C65H43NS/c1-4-21-44(22-5-1)49-33-18-23-45-24-19-34-55(63(45)49)52-30-11-15-38-60(52)66(61-39-16-12-31-53(61)56-35-20-36-57-54-32-13-17-40-62(54)67-64(56)57)48-41-42-51-50-29-10-14-37-58(50)65(59(51)43-48,46-25-6-2-7-26-46)47-27-8-3-9-28-47/h1-43H. The van der Waals surface area contributed by atoms with Gasteiger partial charge in [-0.1, -0.05) is 231 Å². The van der Waals surface area contributed by atoms with Crippen LogP contribution in [0.4, 0.5) is 17.1 Å². The first-order valence-electron chi connectivity index (χ1n) is 23.1. The summed E-state index contributed by atoms with van der Waals surface area (Å²) < 4.78 is 2.59. The van der Waals surface area contributed by atoms with Gasteiger partial charge in [-0.3, -0.25) is 0 Å². The lowest BCUT2D eigenvalue weighted by molar-refractivity contribution is 0.768. The number of fused-ring (bicyclic) bond motifs is 7. The number of rotatable bonds is 8. The zero-order valence-corrected chi connectivity index (χ0v) is 37.5. The Morgan fingerprint density at radius 2 is 0.836 bits per heavy atom. The zero-order valence-electron chi connectivity index (χ0n) is 36.7. The van der Waals surface area contributed by atoms with E-state index in [2.05, 4.69) is 266 Å². The van der Waals surface area contributed by atoms with Gasteiger partial charge in [0.25, 0.3) is 0 Å². The van der Waals surface area contributed by atoms with Gasteiger partial charge in [-0.05, 0) is 91.2 Å². The molecule has 1 aliphatic carbocycles.